The highest BCUT2D eigenvalue weighted by atomic mass is 35.5. The van der Waals surface area contributed by atoms with E-state index in [0.29, 0.717) is 45.9 Å². The number of imidazole rings is 1. The van der Waals surface area contributed by atoms with Gasteiger partial charge in [-0.3, -0.25) is 9.36 Å². The van der Waals surface area contributed by atoms with Crippen LogP contribution in [0, 0.1) is 0 Å². The third-order valence-corrected chi connectivity index (χ3v) is 6.12. The number of carbonyl (C=O) groups is 1. The van der Waals surface area contributed by atoms with Gasteiger partial charge in [0.15, 0.2) is 5.82 Å². The number of aliphatic hydroxyl groups is 1. The van der Waals surface area contributed by atoms with Crippen molar-refractivity contribution in [1.82, 2.24) is 9.55 Å². The molecule has 0 bridgehead atoms. The first-order valence-electron chi connectivity index (χ1n) is 9.36. The maximum absolute atomic E-state index is 13.2. The first-order chi connectivity index (χ1) is 13.5. The molecule has 0 aliphatic carbocycles. The van der Waals surface area contributed by atoms with E-state index in [-0.39, 0.29) is 22.6 Å². The molecule has 0 saturated heterocycles. The number of carbonyl (C=O) groups excluding carboxylic acids is 1. The van der Waals surface area contributed by atoms with Gasteiger partial charge < -0.3 is 5.11 Å². The minimum absolute atomic E-state index is 0.124. The number of aliphatic hydroxyl groups excluding tert-OH is 1. The van der Waals surface area contributed by atoms with Crippen molar-refractivity contribution < 1.29 is 9.90 Å². The Morgan fingerprint density at radius 2 is 1.79 bits per heavy atom. The monoisotopic (exact) mass is 438 g/mol. The van der Waals surface area contributed by atoms with Crippen LogP contribution in [0.1, 0.15) is 48.7 Å². The zero-order valence-electron chi connectivity index (χ0n) is 15.9. The van der Waals surface area contributed by atoms with E-state index in [9.17, 15) is 4.79 Å². The minimum Gasteiger partial charge on any atom is -0.396 e. The molecule has 0 unspecified atom stereocenters. The lowest BCUT2D eigenvalue weighted by Gasteiger charge is -2.11. The first-order valence-corrected chi connectivity index (χ1v) is 10.5. The summed E-state index contributed by atoms with van der Waals surface area (Å²) in [5.74, 6) is 0.312. The van der Waals surface area contributed by atoms with Crippen molar-refractivity contribution in [3.05, 3.63) is 50.0 Å². The summed E-state index contributed by atoms with van der Waals surface area (Å²) in [5, 5.41) is 9.88. The van der Waals surface area contributed by atoms with E-state index >= 15 is 0 Å². The molecule has 0 atom stereocenters. The van der Waals surface area contributed by atoms with Crippen molar-refractivity contribution in [2.45, 2.75) is 40.0 Å². The van der Waals surface area contributed by atoms with Crippen LogP contribution in [0.2, 0.25) is 15.1 Å². The molecular weight excluding hydrogens is 419 g/mol. The summed E-state index contributed by atoms with van der Waals surface area (Å²) in [6.45, 7) is 6.05. The number of aryl methyl sites for hydroxylation is 1. The minimum atomic E-state index is -0.186. The number of hydrogen-bond acceptors (Lipinski definition) is 3. The lowest BCUT2D eigenvalue weighted by Crippen LogP contribution is -2.09. The maximum atomic E-state index is 13.2. The van der Waals surface area contributed by atoms with Crippen LogP contribution in [0.25, 0.3) is 22.4 Å². The molecule has 1 aliphatic rings. The molecule has 0 radical (unpaired) electrons. The van der Waals surface area contributed by atoms with Gasteiger partial charge >= 0.3 is 0 Å². The predicted molar refractivity (Wildman–Crippen MR) is 116 cm³/mol. The van der Waals surface area contributed by atoms with Crippen molar-refractivity contribution >= 4 is 51.7 Å². The van der Waals surface area contributed by atoms with Crippen LogP contribution in [0.15, 0.2) is 18.2 Å². The normalized spacial score (nSPS) is 12.0. The summed E-state index contributed by atoms with van der Waals surface area (Å²) >= 11 is 19.1. The SMILES string of the molecule is CC.CCc1c(Cl)c(Cl)c(Cl)c2c1C(=O)n1c-2nc2ccc(CCCO)cc21. The van der Waals surface area contributed by atoms with Crippen molar-refractivity contribution in [3.63, 3.8) is 0 Å². The van der Waals surface area contributed by atoms with Gasteiger partial charge in [-0.2, -0.15) is 0 Å². The highest BCUT2D eigenvalue weighted by Crippen LogP contribution is 2.47. The second-order valence-electron chi connectivity index (χ2n) is 6.25. The van der Waals surface area contributed by atoms with Crippen LogP contribution in [0.5, 0.6) is 0 Å². The molecule has 7 heteroatoms. The molecule has 0 spiro atoms. The van der Waals surface area contributed by atoms with E-state index in [1.54, 1.807) is 4.57 Å². The summed E-state index contributed by atoms with van der Waals surface area (Å²) in [4.78, 5) is 17.8. The first kappa shape index (κ1) is 21.1. The van der Waals surface area contributed by atoms with E-state index in [0.717, 1.165) is 17.5 Å². The average Bonchev–Trinajstić information content (AvgIpc) is 3.22. The van der Waals surface area contributed by atoms with Crippen LogP contribution in [0.4, 0.5) is 0 Å². The molecule has 148 valence electrons. The number of rotatable bonds is 4. The van der Waals surface area contributed by atoms with Crippen molar-refractivity contribution in [2.75, 3.05) is 6.61 Å². The Hall–Kier alpha value is -1.59. The van der Waals surface area contributed by atoms with E-state index in [2.05, 4.69) is 4.98 Å². The van der Waals surface area contributed by atoms with Gasteiger partial charge in [0.05, 0.1) is 37.2 Å². The van der Waals surface area contributed by atoms with E-state index in [1.165, 1.54) is 0 Å². The summed E-state index contributed by atoms with van der Waals surface area (Å²) in [7, 11) is 0. The van der Waals surface area contributed by atoms with Crippen LogP contribution >= 0.6 is 34.8 Å². The zero-order chi connectivity index (χ0) is 20.6. The molecule has 1 aromatic heterocycles. The number of nitrogens with zero attached hydrogens (tertiary/aromatic N) is 2. The number of hydrogen-bond donors (Lipinski definition) is 1. The molecule has 0 fully saturated rings. The largest absolute Gasteiger partial charge is 0.396 e. The summed E-state index contributed by atoms with van der Waals surface area (Å²) in [6.07, 6.45) is 1.96. The Kier molecular flexibility index (Phi) is 6.35. The zero-order valence-corrected chi connectivity index (χ0v) is 18.2. The molecule has 28 heavy (non-hydrogen) atoms. The second kappa shape index (κ2) is 8.42. The third-order valence-electron chi connectivity index (χ3n) is 4.76. The molecule has 0 amide bonds. The van der Waals surface area contributed by atoms with Crippen molar-refractivity contribution in [1.29, 1.82) is 0 Å². The highest BCUT2D eigenvalue weighted by molar-refractivity contribution is 6.50. The van der Waals surface area contributed by atoms with E-state index in [1.807, 2.05) is 39.0 Å². The fourth-order valence-corrected chi connectivity index (χ4v) is 4.38. The van der Waals surface area contributed by atoms with Gasteiger partial charge in [-0.1, -0.05) is 61.6 Å². The number of halogens is 3. The van der Waals surface area contributed by atoms with Gasteiger partial charge in [0.2, 0.25) is 0 Å². The highest BCUT2D eigenvalue weighted by Gasteiger charge is 2.36. The molecule has 0 saturated carbocycles. The maximum Gasteiger partial charge on any atom is 0.265 e. The van der Waals surface area contributed by atoms with Crippen LogP contribution in [-0.2, 0) is 12.8 Å². The molecule has 4 nitrogen and oxygen atoms in total. The predicted octanol–water partition coefficient (Wildman–Crippen LogP) is 6.18. The molecule has 1 N–H and O–H groups in total. The lowest BCUT2D eigenvalue weighted by molar-refractivity contribution is 0.0972. The smallest absolute Gasteiger partial charge is 0.265 e. The van der Waals surface area contributed by atoms with Crippen LogP contribution in [0.3, 0.4) is 0 Å². The topological polar surface area (TPSA) is 55.1 Å². The fourth-order valence-electron chi connectivity index (χ4n) is 3.53. The average molecular weight is 440 g/mol. The Morgan fingerprint density at radius 1 is 1.07 bits per heavy atom. The quantitative estimate of drug-likeness (QED) is 0.386. The Bertz CT molecular complexity index is 1070. The molecule has 2 heterocycles. The Balaban J connectivity index is 0.00000109. The molecule has 4 rings (SSSR count). The van der Waals surface area contributed by atoms with Gasteiger partial charge in [0, 0.05) is 6.61 Å². The van der Waals surface area contributed by atoms with Gasteiger partial charge in [-0.15, -0.1) is 0 Å². The number of fused-ring (bicyclic) bond motifs is 5. The molecule has 2 aromatic carbocycles. The summed E-state index contributed by atoms with van der Waals surface area (Å²) in [5.41, 5.74) is 4.20. The third kappa shape index (κ3) is 3.13. The van der Waals surface area contributed by atoms with E-state index < -0.39 is 0 Å². The van der Waals surface area contributed by atoms with Crippen molar-refractivity contribution in [3.8, 4) is 11.4 Å². The van der Waals surface area contributed by atoms with Crippen molar-refractivity contribution in [2.24, 2.45) is 0 Å². The van der Waals surface area contributed by atoms with Crippen LogP contribution < -0.4 is 0 Å². The van der Waals surface area contributed by atoms with Gasteiger partial charge in [0.1, 0.15) is 0 Å². The molecular formula is C21H21Cl3N2O2. The number of benzene rings is 2. The van der Waals surface area contributed by atoms with Gasteiger partial charge in [0.25, 0.3) is 5.91 Å². The van der Waals surface area contributed by atoms with E-state index in [4.69, 9.17) is 39.9 Å². The molecule has 1 aliphatic heterocycles. The van der Waals surface area contributed by atoms with Crippen LogP contribution in [-0.4, -0.2) is 27.2 Å². The number of aromatic nitrogens is 2. The van der Waals surface area contributed by atoms with Gasteiger partial charge in [-0.05, 0) is 42.5 Å². The lowest BCUT2D eigenvalue weighted by atomic mass is 10.00. The summed E-state index contributed by atoms with van der Waals surface area (Å²) in [6, 6.07) is 5.78. The Morgan fingerprint density at radius 3 is 2.43 bits per heavy atom. The molecule has 3 aromatic rings. The standard InChI is InChI=1S/C19H15Cl3N2O2.C2H6/c1-2-10-13-14(16(21)17(22)15(10)20)18-23-11-6-5-9(4-3-7-25)8-12(11)24(18)19(13)26;1-2/h5-6,8,25H,2-4,7H2,1H3;1-2H3. The summed E-state index contributed by atoms with van der Waals surface area (Å²) < 4.78 is 1.58. The van der Waals surface area contributed by atoms with Gasteiger partial charge in [-0.25, -0.2) is 4.98 Å². The Labute approximate surface area is 179 Å². The second-order valence-corrected chi connectivity index (χ2v) is 7.38. The fraction of sp³-hybridized carbons (Fsp3) is 0.333.